The van der Waals surface area contributed by atoms with Crippen molar-refractivity contribution in [2.75, 3.05) is 18.4 Å². The molecule has 1 N–H and O–H groups in total. The van der Waals surface area contributed by atoms with Crippen molar-refractivity contribution >= 4 is 21.6 Å². The predicted octanol–water partition coefficient (Wildman–Crippen LogP) is 3.96. The predicted molar refractivity (Wildman–Crippen MR) is 119 cm³/mol. The summed E-state index contributed by atoms with van der Waals surface area (Å²) in [6, 6.07) is 14.9. The lowest BCUT2D eigenvalue weighted by molar-refractivity contribution is -0.120. The number of nitrogens with one attached hydrogen (secondary N) is 1. The van der Waals surface area contributed by atoms with Gasteiger partial charge in [-0.05, 0) is 56.9 Å². The number of hydrogen-bond donors (Lipinski definition) is 1. The molecule has 1 aliphatic heterocycles. The van der Waals surface area contributed by atoms with Gasteiger partial charge in [-0.1, -0.05) is 30.3 Å². The van der Waals surface area contributed by atoms with Crippen LogP contribution in [0, 0.1) is 12.8 Å². The molecule has 1 heterocycles. The SMILES string of the molecule is Cc1ccccc1CS(=O)(=O)N1CCC(C(=O)Nc2cccc(OC(C)C)c2)CC1. The van der Waals surface area contributed by atoms with E-state index in [1.54, 1.807) is 6.07 Å². The third-order valence-corrected chi connectivity index (χ3v) is 7.12. The highest BCUT2D eigenvalue weighted by atomic mass is 32.2. The number of rotatable bonds is 7. The van der Waals surface area contributed by atoms with Crippen molar-refractivity contribution in [2.45, 2.75) is 45.5 Å². The highest BCUT2D eigenvalue weighted by Crippen LogP contribution is 2.25. The Morgan fingerprint density at radius 3 is 2.50 bits per heavy atom. The first-order valence-corrected chi connectivity index (χ1v) is 12.0. The highest BCUT2D eigenvalue weighted by Gasteiger charge is 2.31. The van der Waals surface area contributed by atoms with Gasteiger partial charge >= 0.3 is 0 Å². The maximum Gasteiger partial charge on any atom is 0.227 e. The van der Waals surface area contributed by atoms with Crippen LogP contribution >= 0.6 is 0 Å². The summed E-state index contributed by atoms with van der Waals surface area (Å²) in [5, 5.41) is 2.94. The Morgan fingerprint density at radius 2 is 1.83 bits per heavy atom. The molecule has 0 unspecified atom stereocenters. The molecule has 0 bridgehead atoms. The standard InChI is InChI=1S/C23H30N2O4S/c1-17(2)29-22-10-6-9-21(15-22)24-23(26)19-11-13-25(14-12-19)30(27,28)16-20-8-5-4-7-18(20)3/h4-10,15,17,19H,11-14,16H2,1-3H3,(H,24,26). The van der Waals surface area contributed by atoms with Crippen molar-refractivity contribution in [1.82, 2.24) is 4.31 Å². The summed E-state index contributed by atoms with van der Waals surface area (Å²) < 4.78 is 32.8. The fourth-order valence-corrected chi connectivity index (χ4v) is 5.29. The number of piperidine rings is 1. The number of aryl methyl sites for hydroxylation is 1. The first-order valence-electron chi connectivity index (χ1n) is 10.3. The Morgan fingerprint density at radius 1 is 1.13 bits per heavy atom. The highest BCUT2D eigenvalue weighted by molar-refractivity contribution is 7.88. The van der Waals surface area contributed by atoms with Gasteiger partial charge in [-0.3, -0.25) is 4.79 Å². The Kier molecular flexibility index (Phi) is 7.15. The van der Waals surface area contributed by atoms with Gasteiger partial charge in [0.15, 0.2) is 0 Å². The molecule has 0 spiro atoms. The molecular weight excluding hydrogens is 400 g/mol. The van der Waals surface area contributed by atoms with E-state index in [4.69, 9.17) is 4.74 Å². The Labute approximate surface area is 179 Å². The van der Waals surface area contributed by atoms with Gasteiger partial charge in [-0.15, -0.1) is 0 Å². The topological polar surface area (TPSA) is 75.7 Å². The fraction of sp³-hybridized carbons (Fsp3) is 0.435. The molecule has 0 atom stereocenters. The van der Waals surface area contributed by atoms with E-state index in [1.807, 2.05) is 63.2 Å². The molecule has 1 saturated heterocycles. The number of nitrogens with zero attached hydrogens (tertiary/aromatic N) is 1. The normalized spacial score (nSPS) is 15.9. The number of carbonyl (C=O) groups is 1. The van der Waals surface area contributed by atoms with Crippen molar-refractivity contribution in [2.24, 2.45) is 5.92 Å². The van der Waals surface area contributed by atoms with Crippen LogP contribution in [0.3, 0.4) is 0 Å². The molecule has 0 radical (unpaired) electrons. The smallest absolute Gasteiger partial charge is 0.227 e. The van der Waals surface area contributed by atoms with Crippen molar-refractivity contribution < 1.29 is 17.9 Å². The van der Waals surface area contributed by atoms with Crippen LogP contribution in [-0.2, 0) is 20.6 Å². The van der Waals surface area contributed by atoms with Gasteiger partial charge in [0.2, 0.25) is 15.9 Å². The summed E-state index contributed by atoms with van der Waals surface area (Å²) in [6.45, 7) is 6.55. The Hall–Kier alpha value is -2.38. The number of ether oxygens (including phenoxy) is 1. The molecule has 2 aromatic rings. The lowest BCUT2D eigenvalue weighted by atomic mass is 9.97. The van der Waals surface area contributed by atoms with Crippen molar-refractivity contribution in [1.29, 1.82) is 0 Å². The maximum atomic E-state index is 12.8. The summed E-state index contributed by atoms with van der Waals surface area (Å²) in [6.07, 6.45) is 1.09. The van der Waals surface area contributed by atoms with E-state index in [9.17, 15) is 13.2 Å². The number of amides is 1. The number of sulfonamides is 1. The second-order valence-corrected chi connectivity index (χ2v) is 10.0. The molecule has 0 saturated carbocycles. The molecule has 7 heteroatoms. The molecule has 0 aliphatic carbocycles. The average Bonchev–Trinajstić information content (AvgIpc) is 2.69. The lowest BCUT2D eigenvalue weighted by Crippen LogP contribution is -2.41. The Bertz CT molecular complexity index is 980. The molecule has 162 valence electrons. The lowest BCUT2D eigenvalue weighted by Gasteiger charge is -2.30. The molecule has 0 aromatic heterocycles. The summed E-state index contributed by atoms with van der Waals surface area (Å²) >= 11 is 0. The second kappa shape index (κ2) is 9.62. The van der Waals surface area contributed by atoms with Crippen molar-refractivity contribution in [3.63, 3.8) is 0 Å². The van der Waals surface area contributed by atoms with E-state index in [0.717, 1.165) is 11.1 Å². The van der Waals surface area contributed by atoms with Crippen molar-refractivity contribution in [3.8, 4) is 5.75 Å². The number of benzene rings is 2. The minimum Gasteiger partial charge on any atom is -0.491 e. The molecule has 1 amide bonds. The molecule has 2 aromatic carbocycles. The molecule has 30 heavy (non-hydrogen) atoms. The van der Waals surface area contributed by atoms with E-state index in [0.29, 0.717) is 37.4 Å². The second-order valence-electron chi connectivity index (χ2n) is 8.04. The molecule has 1 fully saturated rings. The minimum absolute atomic E-state index is 0.000814. The van der Waals surface area contributed by atoms with Gasteiger partial charge in [-0.2, -0.15) is 0 Å². The molecular formula is C23H30N2O4S. The summed E-state index contributed by atoms with van der Waals surface area (Å²) in [4.78, 5) is 12.7. The van der Waals surface area contributed by atoms with Gasteiger partial charge in [0.25, 0.3) is 0 Å². The third kappa shape index (κ3) is 5.83. The molecule has 3 rings (SSSR count). The largest absolute Gasteiger partial charge is 0.491 e. The van der Waals surface area contributed by atoms with Crippen LogP contribution in [-0.4, -0.2) is 37.8 Å². The van der Waals surface area contributed by atoms with Crippen LogP contribution in [0.25, 0.3) is 0 Å². The summed E-state index contributed by atoms with van der Waals surface area (Å²) in [7, 11) is -3.40. The van der Waals surface area contributed by atoms with Crippen LogP contribution in [0.4, 0.5) is 5.69 Å². The van der Waals surface area contributed by atoms with Crippen LogP contribution in [0.15, 0.2) is 48.5 Å². The zero-order valence-corrected chi connectivity index (χ0v) is 18.6. The third-order valence-electron chi connectivity index (χ3n) is 5.29. The van der Waals surface area contributed by atoms with E-state index < -0.39 is 10.0 Å². The van der Waals surface area contributed by atoms with E-state index in [2.05, 4.69) is 5.32 Å². The van der Waals surface area contributed by atoms with Crippen LogP contribution in [0.5, 0.6) is 5.75 Å². The van der Waals surface area contributed by atoms with Crippen LogP contribution < -0.4 is 10.1 Å². The van der Waals surface area contributed by atoms with E-state index >= 15 is 0 Å². The van der Waals surface area contributed by atoms with Crippen molar-refractivity contribution in [3.05, 3.63) is 59.7 Å². The zero-order chi connectivity index (χ0) is 21.7. The van der Waals surface area contributed by atoms with Gasteiger partial charge in [0.05, 0.1) is 11.9 Å². The average molecular weight is 431 g/mol. The van der Waals surface area contributed by atoms with Gasteiger partial charge in [0.1, 0.15) is 5.75 Å². The molecule has 1 aliphatic rings. The quantitative estimate of drug-likeness (QED) is 0.721. The minimum atomic E-state index is -3.40. The molecule has 6 nitrogen and oxygen atoms in total. The first-order chi connectivity index (χ1) is 14.2. The maximum absolute atomic E-state index is 12.8. The van der Waals surface area contributed by atoms with E-state index in [1.165, 1.54) is 4.31 Å². The number of anilines is 1. The summed E-state index contributed by atoms with van der Waals surface area (Å²) in [5.41, 5.74) is 2.48. The zero-order valence-electron chi connectivity index (χ0n) is 17.8. The first kappa shape index (κ1) is 22.3. The van der Waals surface area contributed by atoms with E-state index in [-0.39, 0.29) is 23.7 Å². The van der Waals surface area contributed by atoms with Gasteiger partial charge in [-0.25, -0.2) is 12.7 Å². The van der Waals surface area contributed by atoms with Crippen LogP contribution in [0.2, 0.25) is 0 Å². The monoisotopic (exact) mass is 430 g/mol. The number of hydrogen-bond acceptors (Lipinski definition) is 4. The van der Waals surface area contributed by atoms with Gasteiger partial charge in [0, 0.05) is 30.8 Å². The Balaban J connectivity index is 1.56. The van der Waals surface area contributed by atoms with Crippen LogP contribution in [0.1, 0.15) is 37.8 Å². The summed E-state index contributed by atoms with van der Waals surface area (Å²) in [5.74, 6) is 0.427. The number of carbonyl (C=O) groups excluding carboxylic acids is 1. The fourth-order valence-electron chi connectivity index (χ4n) is 3.62. The van der Waals surface area contributed by atoms with Gasteiger partial charge < -0.3 is 10.1 Å².